The van der Waals surface area contributed by atoms with Gasteiger partial charge < -0.3 is 11.1 Å². The SMILES string of the molecule is Cc1cccc(Nc2ncc(CN)s2)c1C. The fourth-order valence-corrected chi connectivity index (χ4v) is 2.16. The van der Waals surface area contributed by atoms with Gasteiger partial charge in [-0.1, -0.05) is 12.1 Å². The van der Waals surface area contributed by atoms with E-state index in [9.17, 15) is 0 Å². The molecule has 0 bridgehead atoms. The fourth-order valence-electron chi connectivity index (χ4n) is 1.46. The van der Waals surface area contributed by atoms with E-state index < -0.39 is 0 Å². The first-order valence-electron chi connectivity index (χ1n) is 5.18. The summed E-state index contributed by atoms with van der Waals surface area (Å²) in [6.45, 7) is 4.76. The maximum absolute atomic E-state index is 5.55. The zero-order chi connectivity index (χ0) is 11.5. The molecule has 0 amide bonds. The summed E-state index contributed by atoms with van der Waals surface area (Å²) < 4.78 is 0. The molecule has 0 saturated carbocycles. The Kier molecular flexibility index (Phi) is 3.22. The van der Waals surface area contributed by atoms with Crippen molar-refractivity contribution in [1.29, 1.82) is 0 Å². The van der Waals surface area contributed by atoms with Gasteiger partial charge >= 0.3 is 0 Å². The number of aryl methyl sites for hydroxylation is 1. The number of nitrogens with one attached hydrogen (secondary N) is 1. The topological polar surface area (TPSA) is 50.9 Å². The Morgan fingerprint density at radius 2 is 2.19 bits per heavy atom. The molecule has 84 valence electrons. The number of aromatic nitrogens is 1. The van der Waals surface area contributed by atoms with E-state index in [0.717, 1.165) is 15.7 Å². The molecular formula is C12H15N3S. The van der Waals surface area contributed by atoms with Crippen LogP contribution in [0.4, 0.5) is 10.8 Å². The Morgan fingerprint density at radius 1 is 1.38 bits per heavy atom. The van der Waals surface area contributed by atoms with Gasteiger partial charge in [-0.2, -0.15) is 0 Å². The second-order valence-electron chi connectivity index (χ2n) is 3.71. The Bertz CT molecular complexity index is 491. The molecule has 3 nitrogen and oxygen atoms in total. The van der Waals surface area contributed by atoms with E-state index in [2.05, 4.69) is 36.3 Å². The van der Waals surface area contributed by atoms with Crippen LogP contribution in [0, 0.1) is 13.8 Å². The summed E-state index contributed by atoms with van der Waals surface area (Å²) in [6, 6.07) is 6.21. The van der Waals surface area contributed by atoms with Crippen molar-refractivity contribution in [2.75, 3.05) is 5.32 Å². The molecule has 0 aliphatic carbocycles. The van der Waals surface area contributed by atoms with E-state index in [1.54, 1.807) is 11.3 Å². The number of rotatable bonds is 3. The summed E-state index contributed by atoms with van der Waals surface area (Å²) in [5.41, 5.74) is 9.20. The highest BCUT2D eigenvalue weighted by Gasteiger charge is 2.04. The molecule has 2 aromatic rings. The highest BCUT2D eigenvalue weighted by molar-refractivity contribution is 7.15. The predicted octanol–water partition coefficient (Wildman–Crippen LogP) is 2.96. The lowest BCUT2D eigenvalue weighted by molar-refractivity contribution is 1.10. The van der Waals surface area contributed by atoms with Crippen LogP contribution in [0.15, 0.2) is 24.4 Å². The fraction of sp³-hybridized carbons (Fsp3) is 0.250. The smallest absolute Gasteiger partial charge is 0.187 e. The van der Waals surface area contributed by atoms with Gasteiger partial charge in [0.05, 0.1) is 0 Å². The molecule has 16 heavy (non-hydrogen) atoms. The van der Waals surface area contributed by atoms with Crippen molar-refractivity contribution >= 4 is 22.2 Å². The summed E-state index contributed by atoms with van der Waals surface area (Å²) in [7, 11) is 0. The second-order valence-corrected chi connectivity index (χ2v) is 4.82. The van der Waals surface area contributed by atoms with Crippen LogP contribution in [0.2, 0.25) is 0 Å². The van der Waals surface area contributed by atoms with Crippen molar-refractivity contribution in [3.63, 3.8) is 0 Å². The molecule has 1 heterocycles. The number of hydrogen-bond donors (Lipinski definition) is 2. The van der Waals surface area contributed by atoms with Crippen molar-refractivity contribution in [2.45, 2.75) is 20.4 Å². The highest BCUT2D eigenvalue weighted by atomic mass is 32.1. The first-order chi connectivity index (χ1) is 7.70. The first-order valence-corrected chi connectivity index (χ1v) is 6.00. The van der Waals surface area contributed by atoms with Crippen molar-refractivity contribution in [2.24, 2.45) is 5.73 Å². The Labute approximate surface area is 99.3 Å². The van der Waals surface area contributed by atoms with Crippen molar-refractivity contribution in [3.8, 4) is 0 Å². The third kappa shape index (κ3) is 2.23. The monoisotopic (exact) mass is 233 g/mol. The average molecular weight is 233 g/mol. The normalized spacial score (nSPS) is 10.4. The third-order valence-electron chi connectivity index (χ3n) is 2.60. The van der Waals surface area contributed by atoms with Gasteiger partial charge in [0.1, 0.15) is 0 Å². The highest BCUT2D eigenvalue weighted by Crippen LogP contribution is 2.25. The molecule has 0 radical (unpaired) electrons. The number of nitrogens with zero attached hydrogens (tertiary/aromatic N) is 1. The van der Waals surface area contributed by atoms with E-state index in [1.807, 2.05) is 12.3 Å². The largest absolute Gasteiger partial charge is 0.331 e. The molecular weight excluding hydrogens is 218 g/mol. The van der Waals surface area contributed by atoms with E-state index in [4.69, 9.17) is 5.73 Å². The van der Waals surface area contributed by atoms with Gasteiger partial charge in [-0.25, -0.2) is 4.98 Å². The predicted molar refractivity (Wildman–Crippen MR) is 69.2 cm³/mol. The Hall–Kier alpha value is -1.39. The molecule has 1 aromatic heterocycles. The number of anilines is 2. The van der Waals surface area contributed by atoms with Crippen LogP contribution in [0.1, 0.15) is 16.0 Å². The molecule has 0 aliphatic heterocycles. The van der Waals surface area contributed by atoms with Crippen LogP contribution in [0.3, 0.4) is 0 Å². The second kappa shape index (κ2) is 4.63. The van der Waals surface area contributed by atoms with Crippen molar-refractivity contribution in [1.82, 2.24) is 4.98 Å². The van der Waals surface area contributed by atoms with Crippen molar-refractivity contribution in [3.05, 3.63) is 40.4 Å². The van der Waals surface area contributed by atoms with Gasteiger partial charge in [0.25, 0.3) is 0 Å². The minimum atomic E-state index is 0.548. The number of benzene rings is 1. The standard InChI is InChI=1S/C12H15N3S/c1-8-4-3-5-11(9(8)2)15-12-14-7-10(6-13)16-12/h3-5,7H,6,13H2,1-2H3,(H,14,15). The zero-order valence-electron chi connectivity index (χ0n) is 9.45. The molecule has 0 fully saturated rings. The quantitative estimate of drug-likeness (QED) is 0.857. The van der Waals surface area contributed by atoms with Gasteiger partial charge in [-0.3, -0.25) is 0 Å². The lowest BCUT2D eigenvalue weighted by atomic mass is 10.1. The van der Waals surface area contributed by atoms with Gasteiger partial charge in [0.2, 0.25) is 0 Å². The van der Waals surface area contributed by atoms with Gasteiger partial charge in [0.15, 0.2) is 5.13 Å². The number of nitrogens with two attached hydrogens (primary N) is 1. The maximum atomic E-state index is 5.55. The third-order valence-corrected chi connectivity index (χ3v) is 3.54. The summed E-state index contributed by atoms with van der Waals surface area (Å²) in [4.78, 5) is 5.37. The van der Waals surface area contributed by atoms with E-state index in [1.165, 1.54) is 11.1 Å². The molecule has 0 unspecified atom stereocenters. The Balaban J connectivity index is 2.23. The van der Waals surface area contributed by atoms with Gasteiger partial charge in [-0.15, -0.1) is 11.3 Å². The minimum Gasteiger partial charge on any atom is -0.331 e. The van der Waals surface area contributed by atoms with E-state index in [-0.39, 0.29) is 0 Å². The average Bonchev–Trinajstić information content (AvgIpc) is 2.73. The zero-order valence-corrected chi connectivity index (χ0v) is 10.3. The van der Waals surface area contributed by atoms with Crippen LogP contribution >= 0.6 is 11.3 Å². The van der Waals surface area contributed by atoms with Crippen LogP contribution in [0.5, 0.6) is 0 Å². The first kappa shape index (κ1) is 11.1. The number of thiazole rings is 1. The molecule has 3 N–H and O–H groups in total. The summed E-state index contributed by atoms with van der Waals surface area (Å²) in [5.74, 6) is 0. The minimum absolute atomic E-state index is 0.548. The molecule has 0 saturated heterocycles. The summed E-state index contributed by atoms with van der Waals surface area (Å²) in [6.07, 6.45) is 1.82. The lowest BCUT2D eigenvalue weighted by Crippen LogP contribution is -1.93. The maximum Gasteiger partial charge on any atom is 0.187 e. The van der Waals surface area contributed by atoms with Crippen LogP contribution in [0.25, 0.3) is 0 Å². The summed E-state index contributed by atoms with van der Waals surface area (Å²) in [5, 5.41) is 4.22. The number of hydrogen-bond acceptors (Lipinski definition) is 4. The lowest BCUT2D eigenvalue weighted by Gasteiger charge is -2.08. The molecule has 0 spiro atoms. The van der Waals surface area contributed by atoms with E-state index in [0.29, 0.717) is 6.54 Å². The van der Waals surface area contributed by atoms with Crippen molar-refractivity contribution < 1.29 is 0 Å². The van der Waals surface area contributed by atoms with Crippen LogP contribution in [-0.4, -0.2) is 4.98 Å². The summed E-state index contributed by atoms with van der Waals surface area (Å²) >= 11 is 1.60. The molecule has 0 atom stereocenters. The van der Waals surface area contributed by atoms with Crippen LogP contribution < -0.4 is 11.1 Å². The molecule has 2 rings (SSSR count). The van der Waals surface area contributed by atoms with Crippen LogP contribution in [-0.2, 0) is 6.54 Å². The van der Waals surface area contributed by atoms with E-state index >= 15 is 0 Å². The molecule has 1 aromatic carbocycles. The Morgan fingerprint density at radius 3 is 2.88 bits per heavy atom. The molecule has 0 aliphatic rings. The molecule has 4 heteroatoms. The van der Waals surface area contributed by atoms with Gasteiger partial charge in [0, 0.05) is 23.3 Å². The van der Waals surface area contributed by atoms with Gasteiger partial charge in [-0.05, 0) is 31.0 Å².